The first-order valence-electron chi connectivity index (χ1n) is 19.2. The van der Waals surface area contributed by atoms with Gasteiger partial charge in [0.1, 0.15) is 0 Å². The zero-order valence-electron chi connectivity index (χ0n) is 30.9. The molecule has 0 saturated carbocycles. The predicted molar refractivity (Wildman–Crippen MR) is 233 cm³/mol. The molecule has 1 aliphatic rings. The second kappa shape index (κ2) is 12.1. The molecule has 11 rings (SSSR count). The molecular formula is C53H38N2. The molecule has 0 N–H and O–H groups in total. The third-order valence-electron chi connectivity index (χ3n) is 11.9. The van der Waals surface area contributed by atoms with Crippen molar-refractivity contribution in [2.45, 2.75) is 19.3 Å². The molecule has 1 aromatic heterocycles. The van der Waals surface area contributed by atoms with Crippen LogP contribution < -0.4 is 4.90 Å². The topological polar surface area (TPSA) is 8.17 Å². The quantitative estimate of drug-likeness (QED) is 0.157. The molecule has 0 saturated heterocycles. The molecule has 0 amide bonds. The molecule has 0 spiro atoms. The Kier molecular flexibility index (Phi) is 6.93. The summed E-state index contributed by atoms with van der Waals surface area (Å²) in [4.78, 5) is 2.41. The summed E-state index contributed by atoms with van der Waals surface area (Å²) in [6.07, 6.45) is 0. The van der Waals surface area contributed by atoms with Gasteiger partial charge in [-0.05, 0) is 122 Å². The van der Waals surface area contributed by atoms with Crippen LogP contribution in [0.3, 0.4) is 0 Å². The molecule has 260 valence electrons. The van der Waals surface area contributed by atoms with E-state index in [1.165, 1.54) is 82.8 Å². The minimum Gasteiger partial charge on any atom is -0.310 e. The van der Waals surface area contributed by atoms with Gasteiger partial charge in [0, 0.05) is 38.9 Å². The summed E-state index contributed by atoms with van der Waals surface area (Å²) in [5.41, 5.74) is 17.2. The number of benzene rings is 9. The SMILES string of the molecule is CC1(C)c2ccccc2-c2ccc(N(c3ccc(-c4ccccc4)cc3)c3ccc(-c4cc5ccc6cccc7c6c5c(c4)n7-c4ccccc4)cc3)cc21. The van der Waals surface area contributed by atoms with E-state index in [0.29, 0.717) is 0 Å². The number of anilines is 3. The molecule has 0 unspecified atom stereocenters. The third kappa shape index (κ3) is 4.88. The van der Waals surface area contributed by atoms with Gasteiger partial charge in [-0.3, -0.25) is 0 Å². The lowest BCUT2D eigenvalue weighted by molar-refractivity contribution is 0.660. The Morgan fingerprint density at radius 3 is 1.71 bits per heavy atom. The van der Waals surface area contributed by atoms with Gasteiger partial charge < -0.3 is 9.47 Å². The van der Waals surface area contributed by atoms with E-state index in [-0.39, 0.29) is 5.41 Å². The van der Waals surface area contributed by atoms with Gasteiger partial charge in [0.25, 0.3) is 0 Å². The van der Waals surface area contributed by atoms with Crippen LogP contribution in [0.1, 0.15) is 25.0 Å². The Morgan fingerprint density at radius 2 is 0.964 bits per heavy atom. The summed E-state index contributed by atoms with van der Waals surface area (Å²) in [5, 5.41) is 5.19. The van der Waals surface area contributed by atoms with Crippen molar-refractivity contribution >= 4 is 49.6 Å². The molecule has 0 atom stereocenters. The van der Waals surface area contributed by atoms with Crippen LogP contribution >= 0.6 is 0 Å². The number of nitrogens with zero attached hydrogens (tertiary/aromatic N) is 2. The van der Waals surface area contributed by atoms with E-state index in [1.807, 2.05) is 0 Å². The van der Waals surface area contributed by atoms with Crippen molar-refractivity contribution in [3.8, 4) is 39.1 Å². The Hall–Kier alpha value is -6.90. The fourth-order valence-electron chi connectivity index (χ4n) is 9.23. The third-order valence-corrected chi connectivity index (χ3v) is 11.9. The smallest absolute Gasteiger partial charge is 0.0553 e. The maximum absolute atomic E-state index is 2.43. The number of hydrogen-bond donors (Lipinski definition) is 0. The average Bonchev–Trinajstić information content (AvgIpc) is 3.70. The highest BCUT2D eigenvalue weighted by molar-refractivity contribution is 6.25. The van der Waals surface area contributed by atoms with E-state index in [9.17, 15) is 0 Å². The van der Waals surface area contributed by atoms with Crippen LogP contribution in [0.2, 0.25) is 0 Å². The van der Waals surface area contributed by atoms with Crippen molar-refractivity contribution < 1.29 is 0 Å². The van der Waals surface area contributed by atoms with Gasteiger partial charge >= 0.3 is 0 Å². The molecule has 0 fully saturated rings. The fourth-order valence-corrected chi connectivity index (χ4v) is 9.23. The first kappa shape index (κ1) is 31.6. The monoisotopic (exact) mass is 702 g/mol. The predicted octanol–water partition coefficient (Wildman–Crippen LogP) is 14.5. The molecule has 0 bridgehead atoms. The highest BCUT2D eigenvalue weighted by atomic mass is 15.1. The van der Waals surface area contributed by atoms with Crippen LogP contribution in [0.4, 0.5) is 17.1 Å². The average molecular weight is 703 g/mol. The van der Waals surface area contributed by atoms with Crippen LogP contribution in [-0.2, 0) is 5.41 Å². The van der Waals surface area contributed by atoms with Crippen molar-refractivity contribution in [1.29, 1.82) is 0 Å². The number of aromatic nitrogens is 1. The summed E-state index contributed by atoms with van der Waals surface area (Å²) in [7, 11) is 0. The first-order chi connectivity index (χ1) is 27.0. The zero-order chi connectivity index (χ0) is 36.7. The molecule has 9 aromatic carbocycles. The molecule has 0 radical (unpaired) electrons. The lowest BCUT2D eigenvalue weighted by Crippen LogP contribution is -2.16. The summed E-state index contributed by atoms with van der Waals surface area (Å²) in [6.45, 7) is 4.71. The van der Waals surface area contributed by atoms with Crippen LogP contribution in [0.5, 0.6) is 0 Å². The van der Waals surface area contributed by atoms with Gasteiger partial charge in [0.2, 0.25) is 0 Å². The van der Waals surface area contributed by atoms with Gasteiger partial charge in [-0.15, -0.1) is 0 Å². The van der Waals surface area contributed by atoms with Gasteiger partial charge in [-0.25, -0.2) is 0 Å². The summed E-state index contributed by atoms with van der Waals surface area (Å²) >= 11 is 0. The molecule has 1 aliphatic carbocycles. The fraction of sp³-hybridized carbons (Fsp3) is 0.0566. The molecular weight excluding hydrogens is 665 g/mol. The van der Waals surface area contributed by atoms with Crippen molar-refractivity contribution in [3.05, 3.63) is 205 Å². The molecule has 2 heteroatoms. The molecule has 0 aliphatic heterocycles. The van der Waals surface area contributed by atoms with Crippen molar-refractivity contribution in [2.24, 2.45) is 0 Å². The normalized spacial score (nSPS) is 13.1. The highest BCUT2D eigenvalue weighted by Gasteiger charge is 2.35. The van der Waals surface area contributed by atoms with E-state index in [2.05, 4.69) is 217 Å². The molecule has 2 nitrogen and oxygen atoms in total. The second-order valence-corrected chi connectivity index (χ2v) is 15.4. The van der Waals surface area contributed by atoms with E-state index in [1.54, 1.807) is 0 Å². The maximum atomic E-state index is 2.43. The number of fused-ring (bicyclic) bond motifs is 3. The van der Waals surface area contributed by atoms with E-state index >= 15 is 0 Å². The zero-order valence-corrected chi connectivity index (χ0v) is 30.9. The molecule has 55 heavy (non-hydrogen) atoms. The van der Waals surface area contributed by atoms with E-state index < -0.39 is 0 Å². The summed E-state index contributed by atoms with van der Waals surface area (Å²) in [6, 6.07) is 71.3. The highest BCUT2D eigenvalue weighted by Crippen LogP contribution is 2.51. The minimum absolute atomic E-state index is 0.0923. The van der Waals surface area contributed by atoms with Crippen molar-refractivity contribution in [1.82, 2.24) is 4.57 Å². The number of rotatable bonds is 6. The van der Waals surface area contributed by atoms with E-state index in [4.69, 9.17) is 0 Å². The largest absolute Gasteiger partial charge is 0.310 e. The summed E-state index contributed by atoms with van der Waals surface area (Å²) < 4.78 is 2.43. The van der Waals surface area contributed by atoms with Crippen LogP contribution in [0.15, 0.2) is 194 Å². The second-order valence-electron chi connectivity index (χ2n) is 15.4. The number of hydrogen-bond acceptors (Lipinski definition) is 1. The Labute approximate surface area is 321 Å². The first-order valence-corrected chi connectivity index (χ1v) is 19.2. The van der Waals surface area contributed by atoms with Gasteiger partial charge in [0.05, 0.1) is 11.0 Å². The lowest BCUT2D eigenvalue weighted by Gasteiger charge is -2.28. The van der Waals surface area contributed by atoms with E-state index in [0.717, 1.165) is 17.1 Å². The Balaban J connectivity index is 1.04. The Bertz CT molecular complexity index is 3030. The number of para-hydroxylation sites is 1. The standard InChI is InChI=1S/C53H38N2/c1-53(2)47-18-10-9-17-45(47)46-31-30-44(34-48(46)53)54(42-26-22-36(23-27-42)35-12-5-3-6-13-35)43-28-24-37(25-29-43)40-32-39-21-20-38-14-11-19-49-51(38)52(39)50(33-40)55(49)41-15-7-4-8-16-41/h3-34H,1-2H3. The van der Waals surface area contributed by atoms with Gasteiger partial charge in [-0.1, -0.05) is 141 Å². The molecule has 10 aromatic rings. The van der Waals surface area contributed by atoms with Gasteiger partial charge in [0.15, 0.2) is 0 Å². The van der Waals surface area contributed by atoms with Crippen LogP contribution in [0, 0.1) is 0 Å². The lowest BCUT2D eigenvalue weighted by atomic mass is 9.82. The van der Waals surface area contributed by atoms with Crippen LogP contribution in [-0.4, -0.2) is 4.57 Å². The van der Waals surface area contributed by atoms with Crippen molar-refractivity contribution in [2.75, 3.05) is 4.90 Å². The summed E-state index contributed by atoms with van der Waals surface area (Å²) in [5.74, 6) is 0. The maximum Gasteiger partial charge on any atom is 0.0553 e. The van der Waals surface area contributed by atoms with Gasteiger partial charge in [-0.2, -0.15) is 0 Å². The van der Waals surface area contributed by atoms with Crippen molar-refractivity contribution in [3.63, 3.8) is 0 Å². The minimum atomic E-state index is -0.0923. The Morgan fingerprint density at radius 1 is 0.382 bits per heavy atom. The van der Waals surface area contributed by atoms with Crippen LogP contribution in [0.25, 0.3) is 71.6 Å². The molecule has 1 heterocycles.